The van der Waals surface area contributed by atoms with E-state index >= 15 is 0 Å². The molecule has 3 atom stereocenters. The summed E-state index contributed by atoms with van der Waals surface area (Å²) in [7, 11) is 1.63. The van der Waals surface area contributed by atoms with Gasteiger partial charge in [-0.3, -0.25) is 4.79 Å². The first-order valence-corrected chi connectivity index (χ1v) is 9.51. The number of methoxy groups -OCH3 is 1. The lowest BCUT2D eigenvalue weighted by molar-refractivity contribution is 0.0909. The Balaban J connectivity index is 1.35. The first-order valence-electron chi connectivity index (χ1n) is 8.63. The molecule has 0 spiro atoms. The van der Waals surface area contributed by atoms with E-state index in [1.165, 1.54) is 30.8 Å². The van der Waals surface area contributed by atoms with Crippen molar-refractivity contribution in [2.75, 3.05) is 26.7 Å². The van der Waals surface area contributed by atoms with Crippen LogP contribution in [0.5, 0.6) is 16.6 Å². The van der Waals surface area contributed by atoms with Crippen LogP contribution in [0.4, 0.5) is 0 Å². The third-order valence-corrected chi connectivity index (χ3v) is 5.71. The SMILES string of the molecule is COc1csc(Oc2ccc(C(=O)N[C@@H]3C[C@H]4CCN(C4)C3)cc2)c1. The van der Waals surface area contributed by atoms with Gasteiger partial charge in [0.1, 0.15) is 11.5 Å². The normalized spacial score (nSPS) is 24.8. The number of carbonyl (C=O) groups is 1. The molecular formula is C19H22N2O3S. The quantitative estimate of drug-likeness (QED) is 0.890. The summed E-state index contributed by atoms with van der Waals surface area (Å²) in [6.07, 6.45) is 2.37. The number of piperidine rings is 1. The fourth-order valence-electron chi connectivity index (χ4n) is 3.68. The Morgan fingerprint density at radius 1 is 1.24 bits per heavy atom. The Morgan fingerprint density at radius 2 is 2.08 bits per heavy atom. The fraction of sp³-hybridized carbons (Fsp3) is 0.421. The van der Waals surface area contributed by atoms with Crippen LogP contribution in [0.15, 0.2) is 35.7 Å². The van der Waals surface area contributed by atoms with Gasteiger partial charge in [-0.1, -0.05) is 0 Å². The maximum Gasteiger partial charge on any atom is 0.251 e. The molecule has 25 heavy (non-hydrogen) atoms. The molecule has 2 fully saturated rings. The van der Waals surface area contributed by atoms with E-state index in [1.54, 1.807) is 7.11 Å². The molecule has 1 amide bonds. The molecule has 5 nitrogen and oxygen atoms in total. The highest BCUT2D eigenvalue weighted by Gasteiger charge is 2.32. The van der Waals surface area contributed by atoms with Gasteiger partial charge in [-0.2, -0.15) is 0 Å². The van der Waals surface area contributed by atoms with Gasteiger partial charge in [0.05, 0.1) is 7.11 Å². The van der Waals surface area contributed by atoms with E-state index in [2.05, 4.69) is 10.2 Å². The van der Waals surface area contributed by atoms with Crippen molar-refractivity contribution in [1.29, 1.82) is 0 Å². The number of rotatable bonds is 5. The summed E-state index contributed by atoms with van der Waals surface area (Å²) in [6, 6.07) is 9.39. The van der Waals surface area contributed by atoms with E-state index in [0.29, 0.717) is 11.3 Å². The molecule has 2 aliphatic rings. The summed E-state index contributed by atoms with van der Waals surface area (Å²) >= 11 is 1.48. The lowest BCUT2D eigenvalue weighted by atomic mass is 9.96. The molecule has 0 radical (unpaired) electrons. The van der Waals surface area contributed by atoms with Crippen molar-refractivity contribution < 1.29 is 14.3 Å². The summed E-state index contributed by atoms with van der Waals surface area (Å²) in [6.45, 7) is 3.35. The molecule has 2 aromatic rings. The Bertz CT molecular complexity index is 731. The lowest BCUT2D eigenvalue weighted by Gasteiger charge is -2.30. The number of nitrogens with one attached hydrogen (secondary N) is 1. The third-order valence-electron chi connectivity index (χ3n) is 4.92. The van der Waals surface area contributed by atoms with Crippen molar-refractivity contribution >= 4 is 17.2 Å². The van der Waals surface area contributed by atoms with Crippen molar-refractivity contribution in [2.45, 2.75) is 18.9 Å². The predicted molar refractivity (Wildman–Crippen MR) is 97.8 cm³/mol. The Hall–Kier alpha value is -2.05. The number of nitrogens with zero attached hydrogens (tertiary/aromatic N) is 1. The average molecular weight is 358 g/mol. The minimum Gasteiger partial charge on any atom is -0.496 e. The Morgan fingerprint density at radius 3 is 2.80 bits per heavy atom. The molecule has 1 unspecified atom stereocenters. The number of ether oxygens (including phenoxy) is 2. The van der Waals surface area contributed by atoms with Gasteiger partial charge in [0.2, 0.25) is 0 Å². The molecule has 1 aromatic heterocycles. The monoisotopic (exact) mass is 358 g/mol. The van der Waals surface area contributed by atoms with Crippen LogP contribution in [-0.4, -0.2) is 43.6 Å². The van der Waals surface area contributed by atoms with Gasteiger partial charge in [-0.25, -0.2) is 0 Å². The number of carbonyl (C=O) groups excluding carboxylic acids is 1. The molecule has 2 aliphatic heterocycles. The Labute approximate surface area is 151 Å². The van der Waals surface area contributed by atoms with Gasteiger partial charge in [0.15, 0.2) is 5.06 Å². The second-order valence-electron chi connectivity index (χ2n) is 6.75. The largest absolute Gasteiger partial charge is 0.496 e. The van der Waals surface area contributed by atoms with Gasteiger partial charge in [-0.15, -0.1) is 11.3 Å². The number of thiophene rings is 1. The minimum absolute atomic E-state index is 0.00292. The summed E-state index contributed by atoms with van der Waals surface area (Å²) in [5.41, 5.74) is 0.670. The van der Waals surface area contributed by atoms with Crippen molar-refractivity contribution in [3.63, 3.8) is 0 Å². The van der Waals surface area contributed by atoms with Crippen LogP contribution in [0.3, 0.4) is 0 Å². The van der Waals surface area contributed by atoms with Gasteiger partial charge in [-0.05, 0) is 49.6 Å². The molecular weight excluding hydrogens is 336 g/mol. The van der Waals surface area contributed by atoms with Gasteiger partial charge >= 0.3 is 0 Å². The summed E-state index contributed by atoms with van der Waals surface area (Å²) in [5, 5.41) is 5.84. The predicted octanol–water partition coefficient (Wildman–Crippen LogP) is 3.37. The zero-order valence-electron chi connectivity index (χ0n) is 14.2. The van der Waals surface area contributed by atoms with E-state index in [4.69, 9.17) is 9.47 Å². The molecule has 6 heteroatoms. The zero-order valence-corrected chi connectivity index (χ0v) is 15.1. The number of amides is 1. The summed E-state index contributed by atoms with van der Waals surface area (Å²) < 4.78 is 10.9. The second-order valence-corrected chi connectivity index (χ2v) is 7.63. The van der Waals surface area contributed by atoms with Crippen LogP contribution in [0.2, 0.25) is 0 Å². The highest BCUT2D eigenvalue weighted by atomic mass is 32.1. The summed E-state index contributed by atoms with van der Waals surface area (Å²) in [5.74, 6) is 2.24. The standard InChI is InChI=1S/C19H22N2O3S/c1-23-17-9-18(25-12-17)24-16-4-2-14(3-5-16)19(22)20-15-8-13-6-7-21(10-13)11-15/h2-5,9,12-13,15H,6-8,10-11H2,1H3,(H,20,22)/t13-,15-/m1/s1. The lowest BCUT2D eigenvalue weighted by Crippen LogP contribution is -2.46. The molecule has 0 aliphatic carbocycles. The van der Waals surface area contributed by atoms with Crippen molar-refractivity contribution in [3.8, 4) is 16.6 Å². The highest BCUT2D eigenvalue weighted by molar-refractivity contribution is 7.12. The molecule has 0 saturated carbocycles. The number of hydrogen-bond donors (Lipinski definition) is 1. The third kappa shape index (κ3) is 3.80. The highest BCUT2D eigenvalue weighted by Crippen LogP contribution is 2.32. The first kappa shape index (κ1) is 16.4. The number of fused-ring (bicyclic) bond motifs is 2. The van der Waals surface area contributed by atoms with Gasteiger partial charge < -0.3 is 19.7 Å². The minimum atomic E-state index is -0.00292. The maximum atomic E-state index is 12.5. The first-order chi connectivity index (χ1) is 12.2. The van der Waals surface area contributed by atoms with Crippen molar-refractivity contribution in [1.82, 2.24) is 10.2 Å². The summed E-state index contributed by atoms with van der Waals surface area (Å²) in [4.78, 5) is 14.9. The fourth-order valence-corrected chi connectivity index (χ4v) is 4.41. The van der Waals surface area contributed by atoms with Crippen LogP contribution in [-0.2, 0) is 0 Å². The maximum absolute atomic E-state index is 12.5. The average Bonchev–Trinajstić information content (AvgIpc) is 3.21. The van der Waals surface area contributed by atoms with Crippen LogP contribution in [0, 0.1) is 5.92 Å². The number of benzene rings is 1. The van der Waals surface area contributed by atoms with Crippen LogP contribution < -0.4 is 14.8 Å². The van der Waals surface area contributed by atoms with Crippen LogP contribution in [0.1, 0.15) is 23.2 Å². The van der Waals surface area contributed by atoms with Crippen LogP contribution in [0.25, 0.3) is 0 Å². The van der Waals surface area contributed by atoms with Crippen LogP contribution >= 0.6 is 11.3 Å². The zero-order chi connectivity index (χ0) is 17.2. The molecule has 2 bridgehead atoms. The second kappa shape index (κ2) is 7.06. The molecule has 1 N–H and O–H groups in total. The van der Waals surface area contributed by atoms with Crippen molar-refractivity contribution in [2.24, 2.45) is 5.92 Å². The van der Waals surface area contributed by atoms with Gasteiger partial charge in [0.25, 0.3) is 5.91 Å². The van der Waals surface area contributed by atoms with E-state index in [-0.39, 0.29) is 11.9 Å². The molecule has 132 valence electrons. The molecule has 1 aromatic carbocycles. The molecule has 4 rings (SSSR count). The smallest absolute Gasteiger partial charge is 0.251 e. The number of hydrogen-bond acceptors (Lipinski definition) is 5. The topological polar surface area (TPSA) is 50.8 Å². The van der Waals surface area contributed by atoms with Crippen molar-refractivity contribution in [3.05, 3.63) is 41.3 Å². The molecule has 2 saturated heterocycles. The van der Waals surface area contributed by atoms with E-state index in [9.17, 15) is 4.79 Å². The Kier molecular flexibility index (Phi) is 4.63. The van der Waals surface area contributed by atoms with Gasteiger partial charge in [0, 0.05) is 36.1 Å². The van der Waals surface area contributed by atoms with E-state index in [0.717, 1.165) is 29.7 Å². The molecule has 3 heterocycles. The van der Waals surface area contributed by atoms with E-state index < -0.39 is 0 Å². The van der Waals surface area contributed by atoms with E-state index in [1.807, 2.05) is 35.7 Å².